The van der Waals surface area contributed by atoms with Crippen molar-refractivity contribution in [3.63, 3.8) is 0 Å². The second-order valence-electron chi connectivity index (χ2n) is 3.94. The minimum absolute atomic E-state index is 0.0228. The van der Waals surface area contributed by atoms with Gasteiger partial charge in [-0.3, -0.25) is 0 Å². The van der Waals surface area contributed by atoms with Crippen LogP contribution in [0.1, 0.15) is 28.8 Å². The van der Waals surface area contributed by atoms with Gasteiger partial charge < -0.3 is 4.79 Å². The molecule has 86 valence electrons. The molecule has 1 aromatic carbocycles. The molecule has 0 amide bonds. The summed E-state index contributed by atoms with van der Waals surface area (Å²) >= 11 is 1.72. The van der Waals surface area contributed by atoms with Gasteiger partial charge >= 0.3 is 0 Å². The largest absolute Gasteiger partial charge is 0.303 e. The van der Waals surface area contributed by atoms with Gasteiger partial charge in [0.15, 0.2) is 0 Å². The molecule has 0 aliphatic heterocycles. The summed E-state index contributed by atoms with van der Waals surface area (Å²) in [6.07, 6.45) is 5.15. The molecule has 0 aliphatic carbocycles. The van der Waals surface area contributed by atoms with Crippen molar-refractivity contribution in [2.24, 2.45) is 0 Å². The molecule has 0 spiro atoms. The van der Waals surface area contributed by atoms with E-state index in [1.807, 2.05) is 37.3 Å². The lowest BCUT2D eigenvalue weighted by molar-refractivity contribution is -0.108. The highest BCUT2D eigenvalue weighted by Crippen LogP contribution is 2.16. The molecule has 2 rings (SSSR count). The fourth-order valence-electron chi connectivity index (χ4n) is 1.55. The molecule has 1 aromatic heterocycles. The SMILES string of the molecule is CC(C=O)c1ccc(C=Cc2cccs2)cc1. The number of carbonyl (C=O) groups excluding carboxylic acids is 1. The summed E-state index contributed by atoms with van der Waals surface area (Å²) in [5, 5.41) is 2.06. The smallest absolute Gasteiger partial charge is 0.127 e. The summed E-state index contributed by atoms with van der Waals surface area (Å²) in [4.78, 5) is 11.9. The van der Waals surface area contributed by atoms with Crippen LogP contribution in [0.2, 0.25) is 0 Å². The molecule has 0 saturated carbocycles. The van der Waals surface area contributed by atoms with E-state index < -0.39 is 0 Å². The molecule has 0 fully saturated rings. The van der Waals surface area contributed by atoms with Crippen molar-refractivity contribution in [1.82, 2.24) is 0 Å². The average Bonchev–Trinajstić information content (AvgIpc) is 2.89. The average molecular weight is 242 g/mol. The van der Waals surface area contributed by atoms with Gasteiger partial charge in [-0.25, -0.2) is 0 Å². The zero-order valence-corrected chi connectivity index (χ0v) is 10.5. The predicted molar refractivity (Wildman–Crippen MR) is 74.2 cm³/mol. The third kappa shape index (κ3) is 3.14. The Labute approximate surface area is 105 Å². The summed E-state index contributed by atoms with van der Waals surface area (Å²) in [6, 6.07) is 12.2. The van der Waals surface area contributed by atoms with Crippen molar-refractivity contribution in [1.29, 1.82) is 0 Å². The first-order valence-corrected chi connectivity index (χ1v) is 6.44. The van der Waals surface area contributed by atoms with E-state index in [2.05, 4.69) is 23.6 Å². The highest BCUT2D eigenvalue weighted by molar-refractivity contribution is 7.10. The van der Waals surface area contributed by atoms with Gasteiger partial charge in [0.1, 0.15) is 6.29 Å². The standard InChI is InChI=1S/C15H14OS/c1-12(11-16)14-7-4-13(5-8-14)6-9-15-3-2-10-17-15/h2-12H,1H3. The third-order valence-corrected chi connectivity index (χ3v) is 3.49. The van der Waals surface area contributed by atoms with E-state index in [4.69, 9.17) is 0 Å². The Hall–Kier alpha value is -1.67. The normalized spacial score (nSPS) is 12.8. The molecule has 1 unspecified atom stereocenters. The fourth-order valence-corrected chi connectivity index (χ4v) is 2.17. The van der Waals surface area contributed by atoms with Crippen molar-refractivity contribution in [3.05, 3.63) is 57.8 Å². The number of thiophene rings is 1. The molecule has 2 heteroatoms. The van der Waals surface area contributed by atoms with E-state index in [0.29, 0.717) is 0 Å². The van der Waals surface area contributed by atoms with Crippen molar-refractivity contribution >= 4 is 29.8 Å². The van der Waals surface area contributed by atoms with E-state index in [-0.39, 0.29) is 5.92 Å². The Morgan fingerprint density at radius 2 is 1.88 bits per heavy atom. The summed E-state index contributed by atoms with van der Waals surface area (Å²) in [6.45, 7) is 1.91. The maximum atomic E-state index is 10.7. The molecule has 1 heterocycles. The van der Waals surface area contributed by atoms with Gasteiger partial charge in [0.2, 0.25) is 0 Å². The molecular weight excluding hydrogens is 228 g/mol. The Balaban J connectivity index is 2.11. The maximum absolute atomic E-state index is 10.7. The Bertz CT molecular complexity index is 494. The summed E-state index contributed by atoms with van der Waals surface area (Å²) in [5.74, 6) is -0.0228. The van der Waals surface area contributed by atoms with Crippen LogP contribution in [0.15, 0.2) is 41.8 Å². The van der Waals surface area contributed by atoms with E-state index in [1.54, 1.807) is 11.3 Å². The summed E-state index contributed by atoms with van der Waals surface area (Å²) in [5.41, 5.74) is 2.22. The first-order chi connectivity index (χ1) is 8.29. The lowest BCUT2D eigenvalue weighted by Gasteiger charge is -2.03. The number of rotatable bonds is 4. The van der Waals surface area contributed by atoms with E-state index in [0.717, 1.165) is 17.4 Å². The number of aldehydes is 1. The minimum atomic E-state index is -0.0228. The van der Waals surface area contributed by atoms with Gasteiger partial charge in [-0.15, -0.1) is 11.3 Å². The van der Waals surface area contributed by atoms with Crippen LogP contribution in [0.3, 0.4) is 0 Å². The lowest BCUT2D eigenvalue weighted by atomic mass is 10.0. The highest BCUT2D eigenvalue weighted by atomic mass is 32.1. The van der Waals surface area contributed by atoms with Gasteiger partial charge in [0.05, 0.1) is 0 Å². The van der Waals surface area contributed by atoms with Crippen LogP contribution in [0.5, 0.6) is 0 Å². The molecule has 1 atom stereocenters. The first kappa shape index (κ1) is 11.8. The van der Waals surface area contributed by atoms with Gasteiger partial charge in [0.25, 0.3) is 0 Å². The summed E-state index contributed by atoms with van der Waals surface area (Å²) in [7, 11) is 0. The van der Waals surface area contributed by atoms with Gasteiger partial charge in [-0.2, -0.15) is 0 Å². The second-order valence-corrected chi connectivity index (χ2v) is 4.92. The molecule has 1 nitrogen and oxygen atoms in total. The number of benzene rings is 1. The topological polar surface area (TPSA) is 17.1 Å². The van der Waals surface area contributed by atoms with Crippen LogP contribution >= 0.6 is 11.3 Å². The molecule has 0 radical (unpaired) electrons. The van der Waals surface area contributed by atoms with Crippen LogP contribution in [-0.4, -0.2) is 6.29 Å². The second kappa shape index (κ2) is 5.60. The van der Waals surface area contributed by atoms with Crippen LogP contribution < -0.4 is 0 Å². The molecule has 0 N–H and O–H groups in total. The van der Waals surface area contributed by atoms with E-state index >= 15 is 0 Å². The predicted octanol–water partition coefficient (Wildman–Crippen LogP) is 4.22. The van der Waals surface area contributed by atoms with Crippen LogP contribution in [0.4, 0.5) is 0 Å². The van der Waals surface area contributed by atoms with Crippen molar-refractivity contribution < 1.29 is 4.79 Å². The lowest BCUT2D eigenvalue weighted by Crippen LogP contribution is -1.93. The first-order valence-electron chi connectivity index (χ1n) is 5.56. The van der Waals surface area contributed by atoms with E-state index in [9.17, 15) is 4.79 Å². The zero-order chi connectivity index (χ0) is 12.1. The minimum Gasteiger partial charge on any atom is -0.303 e. The fraction of sp³-hybridized carbons (Fsp3) is 0.133. The molecule has 0 saturated heterocycles. The highest BCUT2D eigenvalue weighted by Gasteiger charge is 2.01. The monoisotopic (exact) mass is 242 g/mol. The van der Waals surface area contributed by atoms with Crippen molar-refractivity contribution in [2.45, 2.75) is 12.8 Å². The number of carbonyl (C=O) groups is 1. The Morgan fingerprint density at radius 3 is 2.47 bits per heavy atom. The van der Waals surface area contributed by atoms with Crippen LogP contribution in [-0.2, 0) is 4.79 Å². The quantitative estimate of drug-likeness (QED) is 0.734. The molecule has 0 bridgehead atoms. The summed E-state index contributed by atoms with van der Waals surface area (Å²) < 4.78 is 0. The number of hydrogen-bond donors (Lipinski definition) is 0. The van der Waals surface area contributed by atoms with Gasteiger partial charge in [-0.05, 0) is 28.6 Å². The number of hydrogen-bond acceptors (Lipinski definition) is 2. The van der Waals surface area contributed by atoms with Crippen LogP contribution in [0, 0.1) is 0 Å². The Morgan fingerprint density at radius 1 is 1.12 bits per heavy atom. The molecule has 0 aliphatic rings. The van der Waals surface area contributed by atoms with Crippen LogP contribution in [0.25, 0.3) is 12.2 Å². The molecular formula is C15H14OS. The van der Waals surface area contributed by atoms with Crippen molar-refractivity contribution in [3.8, 4) is 0 Å². The zero-order valence-electron chi connectivity index (χ0n) is 9.67. The Kier molecular flexibility index (Phi) is 3.89. The van der Waals surface area contributed by atoms with Crippen molar-refractivity contribution in [2.75, 3.05) is 0 Å². The molecule has 2 aromatic rings. The van der Waals surface area contributed by atoms with Gasteiger partial charge in [0, 0.05) is 10.8 Å². The van der Waals surface area contributed by atoms with E-state index in [1.165, 1.54) is 4.88 Å². The van der Waals surface area contributed by atoms with Gasteiger partial charge in [-0.1, -0.05) is 43.3 Å². The third-order valence-electron chi connectivity index (χ3n) is 2.65. The molecule has 17 heavy (non-hydrogen) atoms. The maximum Gasteiger partial charge on any atom is 0.127 e.